The molecule has 3 N–H and O–H groups in total. The van der Waals surface area contributed by atoms with Gasteiger partial charge < -0.3 is 10.7 Å². The second-order valence-electron chi connectivity index (χ2n) is 3.86. The summed E-state index contributed by atoms with van der Waals surface area (Å²) in [6.07, 6.45) is 0. The molecule has 86 valence electrons. The van der Waals surface area contributed by atoms with Crippen LogP contribution >= 0.6 is 0 Å². The van der Waals surface area contributed by atoms with Crippen LogP contribution in [0.3, 0.4) is 0 Å². The molecule has 1 heterocycles. The largest absolute Gasteiger partial charge is 0.358 e. The van der Waals surface area contributed by atoms with Crippen molar-refractivity contribution in [1.82, 2.24) is 4.98 Å². The van der Waals surface area contributed by atoms with Crippen molar-refractivity contribution in [3.8, 4) is 0 Å². The third kappa shape index (κ3) is 1.39. The Hall–Kier alpha value is -1.49. The number of nitrogens with one attached hydrogen (secondary N) is 1. The molecule has 0 bridgehead atoms. The first-order valence-corrected chi connectivity index (χ1v) is 4.84. The number of rotatable bonds is 1. The fraction of sp³-hybridized carbons (Fsp3) is 0.273. The lowest BCUT2D eigenvalue weighted by molar-refractivity contribution is 0.453. The van der Waals surface area contributed by atoms with E-state index in [0.717, 1.165) is 6.07 Å². The van der Waals surface area contributed by atoms with Gasteiger partial charge in [0.05, 0.1) is 5.52 Å². The van der Waals surface area contributed by atoms with Gasteiger partial charge in [-0.2, -0.15) is 0 Å². The second-order valence-corrected chi connectivity index (χ2v) is 3.86. The highest BCUT2D eigenvalue weighted by Crippen LogP contribution is 2.31. The van der Waals surface area contributed by atoms with Crippen LogP contribution in [0.25, 0.3) is 10.9 Å². The van der Waals surface area contributed by atoms with E-state index in [-0.39, 0.29) is 10.9 Å². The van der Waals surface area contributed by atoms with Gasteiger partial charge in [-0.1, -0.05) is 0 Å². The minimum Gasteiger partial charge on any atom is -0.358 e. The van der Waals surface area contributed by atoms with Gasteiger partial charge in [0.15, 0.2) is 17.5 Å². The minimum absolute atomic E-state index is 0.0337. The van der Waals surface area contributed by atoms with Crippen LogP contribution < -0.4 is 5.73 Å². The highest BCUT2D eigenvalue weighted by Gasteiger charge is 2.21. The fourth-order valence-corrected chi connectivity index (χ4v) is 1.98. The van der Waals surface area contributed by atoms with Crippen molar-refractivity contribution in [1.29, 1.82) is 0 Å². The lowest BCUT2D eigenvalue weighted by atomic mass is 10.0. The third-order valence-corrected chi connectivity index (χ3v) is 2.61. The Kier molecular flexibility index (Phi) is 2.42. The summed E-state index contributed by atoms with van der Waals surface area (Å²) in [5, 5.41) is 0.0337. The number of fused-ring (bicyclic) bond motifs is 1. The van der Waals surface area contributed by atoms with Crippen LogP contribution in [0.5, 0.6) is 0 Å². The lowest BCUT2D eigenvalue weighted by Gasteiger charge is -2.06. The summed E-state index contributed by atoms with van der Waals surface area (Å²) in [4.78, 5) is 2.79. The predicted octanol–water partition coefficient (Wildman–Crippen LogP) is 2.91. The number of halogens is 3. The summed E-state index contributed by atoms with van der Waals surface area (Å²) in [6.45, 7) is 3.35. The first-order chi connectivity index (χ1) is 7.43. The molecule has 0 aliphatic rings. The first-order valence-electron chi connectivity index (χ1n) is 4.84. The van der Waals surface area contributed by atoms with Gasteiger partial charge in [0.2, 0.25) is 0 Å². The highest BCUT2D eigenvalue weighted by atomic mass is 19.2. The van der Waals surface area contributed by atoms with Gasteiger partial charge in [-0.3, -0.25) is 0 Å². The molecule has 5 heteroatoms. The molecule has 0 amide bonds. The number of hydrogen-bond donors (Lipinski definition) is 2. The molecule has 16 heavy (non-hydrogen) atoms. The summed E-state index contributed by atoms with van der Waals surface area (Å²) < 4.78 is 39.7. The van der Waals surface area contributed by atoms with Crippen molar-refractivity contribution in [2.45, 2.75) is 19.9 Å². The molecule has 0 saturated heterocycles. The second kappa shape index (κ2) is 3.52. The van der Waals surface area contributed by atoms with Crippen LogP contribution in [-0.2, 0) is 0 Å². The van der Waals surface area contributed by atoms with Crippen LogP contribution in [-0.4, -0.2) is 4.98 Å². The van der Waals surface area contributed by atoms with Crippen molar-refractivity contribution in [3.05, 3.63) is 34.8 Å². The molecule has 2 aromatic rings. The number of nitrogens with two attached hydrogens (primary N) is 1. The van der Waals surface area contributed by atoms with Crippen LogP contribution in [0.15, 0.2) is 6.07 Å². The summed E-state index contributed by atoms with van der Waals surface area (Å²) in [5.41, 5.74) is 7.00. The molecule has 1 aromatic carbocycles. The van der Waals surface area contributed by atoms with Crippen molar-refractivity contribution in [2.75, 3.05) is 0 Å². The molecule has 0 aliphatic carbocycles. The van der Waals surface area contributed by atoms with Crippen molar-refractivity contribution < 1.29 is 13.2 Å². The third-order valence-electron chi connectivity index (χ3n) is 2.61. The quantitative estimate of drug-likeness (QED) is 0.724. The molecule has 0 saturated carbocycles. The maximum absolute atomic E-state index is 13.6. The van der Waals surface area contributed by atoms with E-state index in [9.17, 15) is 13.2 Å². The van der Waals surface area contributed by atoms with E-state index >= 15 is 0 Å². The molecule has 0 spiro atoms. The molecular weight excluding hydrogens is 217 g/mol. The highest BCUT2D eigenvalue weighted by molar-refractivity contribution is 5.86. The van der Waals surface area contributed by atoms with E-state index in [1.54, 1.807) is 13.8 Å². The Bertz CT molecular complexity index is 558. The molecule has 1 atom stereocenters. The Balaban J connectivity index is 2.93. The predicted molar refractivity (Wildman–Crippen MR) is 55.5 cm³/mol. The monoisotopic (exact) mass is 228 g/mol. The molecule has 1 aromatic heterocycles. The number of aryl methyl sites for hydroxylation is 1. The first kappa shape index (κ1) is 11.0. The van der Waals surface area contributed by atoms with Crippen molar-refractivity contribution >= 4 is 10.9 Å². The van der Waals surface area contributed by atoms with Crippen LogP contribution in [0.2, 0.25) is 0 Å². The Morgan fingerprint density at radius 3 is 2.44 bits per heavy atom. The number of aromatic amines is 1. The molecular formula is C11H11F3N2. The minimum atomic E-state index is -1.46. The van der Waals surface area contributed by atoms with Crippen molar-refractivity contribution in [2.24, 2.45) is 5.73 Å². The molecule has 0 radical (unpaired) electrons. The zero-order valence-corrected chi connectivity index (χ0v) is 8.87. The van der Waals surface area contributed by atoms with E-state index in [1.807, 2.05) is 0 Å². The van der Waals surface area contributed by atoms with Crippen molar-refractivity contribution in [3.63, 3.8) is 0 Å². The fourth-order valence-electron chi connectivity index (χ4n) is 1.98. The maximum Gasteiger partial charge on any atom is 0.195 e. The number of aromatic nitrogens is 1. The van der Waals surface area contributed by atoms with E-state index in [2.05, 4.69) is 4.98 Å². The maximum atomic E-state index is 13.6. The average molecular weight is 228 g/mol. The number of hydrogen-bond acceptors (Lipinski definition) is 1. The van der Waals surface area contributed by atoms with Gasteiger partial charge in [-0.15, -0.1) is 0 Å². The zero-order valence-electron chi connectivity index (χ0n) is 8.87. The molecule has 2 rings (SSSR count). The van der Waals surface area contributed by atoms with Crippen LogP contribution in [0.4, 0.5) is 13.2 Å². The molecule has 2 nitrogen and oxygen atoms in total. The smallest absolute Gasteiger partial charge is 0.195 e. The van der Waals surface area contributed by atoms with E-state index in [0.29, 0.717) is 11.3 Å². The van der Waals surface area contributed by atoms with Gasteiger partial charge in [-0.25, -0.2) is 13.2 Å². The zero-order chi connectivity index (χ0) is 12.0. The van der Waals surface area contributed by atoms with Gasteiger partial charge in [0.1, 0.15) is 0 Å². The lowest BCUT2D eigenvalue weighted by Crippen LogP contribution is -2.06. The Morgan fingerprint density at radius 2 is 1.88 bits per heavy atom. The Labute approximate surface area is 90.3 Å². The molecule has 1 unspecified atom stereocenters. The van der Waals surface area contributed by atoms with Gasteiger partial charge >= 0.3 is 0 Å². The molecule has 0 aliphatic heterocycles. The van der Waals surface area contributed by atoms with Gasteiger partial charge in [0, 0.05) is 23.2 Å². The van der Waals surface area contributed by atoms with E-state index in [4.69, 9.17) is 5.73 Å². The van der Waals surface area contributed by atoms with E-state index in [1.165, 1.54) is 0 Å². The average Bonchev–Trinajstić information content (AvgIpc) is 2.51. The van der Waals surface area contributed by atoms with Gasteiger partial charge in [0.25, 0.3) is 0 Å². The SMILES string of the molecule is Cc1[nH]c2cc(F)c(F)c(F)c2c1C(C)N. The standard InChI is InChI=1S/C11H11F3N2/c1-4(15)8-5(2)16-7-3-6(12)10(13)11(14)9(7)8/h3-4,16H,15H2,1-2H3. The Morgan fingerprint density at radius 1 is 1.25 bits per heavy atom. The van der Waals surface area contributed by atoms with Crippen LogP contribution in [0, 0.1) is 24.4 Å². The summed E-state index contributed by atoms with van der Waals surface area (Å²) in [6, 6.07) is 0.486. The topological polar surface area (TPSA) is 41.8 Å². The summed E-state index contributed by atoms with van der Waals surface area (Å²) in [5.74, 6) is -3.86. The molecule has 0 fully saturated rings. The number of H-pyrrole nitrogens is 1. The van der Waals surface area contributed by atoms with Gasteiger partial charge in [-0.05, 0) is 19.4 Å². The van der Waals surface area contributed by atoms with E-state index < -0.39 is 23.5 Å². The number of benzene rings is 1. The van der Waals surface area contributed by atoms with Crippen LogP contribution in [0.1, 0.15) is 24.2 Å². The summed E-state index contributed by atoms with van der Waals surface area (Å²) in [7, 11) is 0. The normalized spacial score (nSPS) is 13.4. The summed E-state index contributed by atoms with van der Waals surface area (Å²) >= 11 is 0.